The van der Waals surface area contributed by atoms with Gasteiger partial charge in [0.05, 0.1) is 13.0 Å². The van der Waals surface area contributed by atoms with Crippen molar-refractivity contribution in [2.24, 2.45) is 0 Å². The highest BCUT2D eigenvalue weighted by atomic mass is 32.1. The van der Waals surface area contributed by atoms with E-state index in [9.17, 15) is 4.79 Å². The van der Waals surface area contributed by atoms with Crippen LogP contribution >= 0.6 is 11.3 Å². The second-order valence-electron chi connectivity index (χ2n) is 5.45. The highest BCUT2D eigenvalue weighted by molar-refractivity contribution is 7.09. The van der Waals surface area contributed by atoms with Gasteiger partial charge in [-0.25, -0.2) is 4.98 Å². The Morgan fingerprint density at radius 3 is 2.87 bits per heavy atom. The van der Waals surface area contributed by atoms with Crippen molar-refractivity contribution in [1.82, 2.24) is 24.5 Å². The third-order valence-electron chi connectivity index (χ3n) is 3.79. The van der Waals surface area contributed by atoms with Crippen LogP contribution in [0.25, 0.3) is 5.78 Å². The molecule has 0 atom stereocenters. The molecular formula is C15H18N6OS. The lowest BCUT2D eigenvalue weighted by molar-refractivity contribution is -0.129. The molecule has 2 N–H and O–H groups in total. The number of hydrogen-bond donors (Lipinski definition) is 1. The maximum absolute atomic E-state index is 12.5. The van der Waals surface area contributed by atoms with Crippen LogP contribution in [0.2, 0.25) is 0 Å². The molecule has 120 valence electrons. The Labute approximate surface area is 137 Å². The monoisotopic (exact) mass is 330 g/mol. The Hall–Kier alpha value is -2.48. The molecule has 0 aromatic carbocycles. The lowest BCUT2D eigenvalue weighted by atomic mass is 10.1. The first kappa shape index (κ1) is 15.4. The Kier molecular flexibility index (Phi) is 3.99. The maximum atomic E-state index is 12.5. The summed E-state index contributed by atoms with van der Waals surface area (Å²) < 4.78 is 1.59. The molecule has 8 heteroatoms. The van der Waals surface area contributed by atoms with Crippen molar-refractivity contribution < 1.29 is 4.79 Å². The summed E-state index contributed by atoms with van der Waals surface area (Å²) >= 11 is 1.64. The van der Waals surface area contributed by atoms with Gasteiger partial charge in [-0.2, -0.15) is 9.50 Å². The Bertz CT molecular complexity index is 855. The number of nitrogens with two attached hydrogens (primary N) is 1. The molecule has 3 heterocycles. The van der Waals surface area contributed by atoms with Crippen molar-refractivity contribution in [1.29, 1.82) is 0 Å². The molecular weight excluding hydrogens is 312 g/mol. The summed E-state index contributed by atoms with van der Waals surface area (Å²) in [5.41, 5.74) is 8.11. The van der Waals surface area contributed by atoms with Gasteiger partial charge in [0.15, 0.2) is 0 Å². The van der Waals surface area contributed by atoms with Gasteiger partial charge in [0, 0.05) is 28.9 Å². The molecule has 3 aromatic heterocycles. The number of amides is 1. The number of hydrogen-bond acceptors (Lipinski definition) is 6. The van der Waals surface area contributed by atoms with E-state index in [1.165, 1.54) is 0 Å². The quantitative estimate of drug-likeness (QED) is 0.784. The fraction of sp³-hybridized carbons (Fsp3) is 0.333. The van der Waals surface area contributed by atoms with Crippen molar-refractivity contribution in [3.8, 4) is 0 Å². The van der Waals surface area contributed by atoms with E-state index < -0.39 is 0 Å². The largest absolute Gasteiger partial charge is 0.366 e. The van der Waals surface area contributed by atoms with Crippen LogP contribution in [0.3, 0.4) is 0 Å². The van der Waals surface area contributed by atoms with Gasteiger partial charge in [0.2, 0.25) is 11.9 Å². The molecule has 7 nitrogen and oxygen atoms in total. The molecule has 0 aliphatic carbocycles. The number of thiophene rings is 1. The number of fused-ring (bicyclic) bond motifs is 1. The van der Waals surface area contributed by atoms with E-state index in [4.69, 9.17) is 5.73 Å². The van der Waals surface area contributed by atoms with E-state index in [0.29, 0.717) is 12.3 Å². The number of likely N-dealkylation sites (N-methyl/N-ethyl adjacent to an activating group) is 1. The van der Waals surface area contributed by atoms with Crippen molar-refractivity contribution >= 4 is 29.0 Å². The van der Waals surface area contributed by atoms with Gasteiger partial charge in [0.1, 0.15) is 0 Å². The molecule has 0 radical (unpaired) electrons. The first-order chi connectivity index (χ1) is 11.0. The first-order valence-corrected chi connectivity index (χ1v) is 8.08. The smallest absolute Gasteiger partial charge is 0.254 e. The third-order valence-corrected chi connectivity index (χ3v) is 4.65. The average molecular weight is 330 g/mol. The summed E-state index contributed by atoms with van der Waals surface area (Å²) in [6.45, 7) is 4.39. The van der Waals surface area contributed by atoms with Crippen LogP contribution in [0.15, 0.2) is 17.5 Å². The molecule has 0 spiro atoms. The van der Waals surface area contributed by atoms with Gasteiger partial charge >= 0.3 is 0 Å². The van der Waals surface area contributed by atoms with E-state index in [-0.39, 0.29) is 18.3 Å². The fourth-order valence-corrected chi connectivity index (χ4v) is 3.25. The summed E-state index contributed by atoms with van der Waals surface area (Å²) in [6.07, 6.45) is 0.280. The number of nitrogen functional groups attached to an aromatic ring is 1. The highest BCUT2D eigenvalue weighted by Gasteiger charge is 2.17. The second-order valence-corrected chi connectivity index (χ2v) is 6.48. The Morgan fingerprint density at radius 2 is 2.17 bits per heavy atom. The number of carbonyl (C=O) groups excluding carboxylic acids is 1. The van der Waals surface area contributed by atoms with Crippen molar-refractivity contribution in [3.63, 3.8) is 0 Å². The van der Waals surface area contributed by atoms with E-state index in [0.717, 1.165) is 21.8 Å². The third kappa shape index (κ3) is 3.02. The minimum atomic E-state index is 0.0406. The molecule has 3 aromatic rings. The predicted octanol–water partition coefficient (Wildman–Crippen LogP) is 1.59. The molecule has 0 saturated heterocycles. The average Bonchev–Trinajstić information content (AvgIpc) is 3.12. The molecule has 1 amide bonds. The number of carbonyl (C=O) groups is 1. The molecule has 0 aliphatic heterocycles. The SMILES string of the molecule is Cc1nc2nc(N)nn2c(C)c1CC(=O)N(C)Cc1cccs1. The maximum Gasteiger partial charge on any atom is 0.254 e. The van der Waals surface area contributed by atoms with Gasteiger partial charge in [-0.15, -0.1) is 16.4 Å². The van der Waals surface area contributed by atoms with Crippen LogP contribution in [-0.2, 0) is 17.8 Å². The normalized spacial score (nSPS) is 11.1. The van der Waals surface area contributed by atoms with Gasteiger partial charge in [-0.3, -0.25) is 4.79 Å². The Morgan fingerprint density at radius 1 is 1.39 bits per heavy atom. The topological polar surface area (TPSA) is 89.4 Å². The van der Waals surface area contributed by atoms with Gasteiger partial charge < -0.3 is 10.6 Å². The number of nitrogens with zero attached hydrogens (tertiary/aromatic N) is 5. The van der Waals surface area contributed by atoms with Crippen LogP contribution in [-0.4, -0.2) is 37.4 Å². The molecule has 23 heavy (non-hydrogen) atoms. The van der Waals surface area contributed by atoms with Crippen LogP contribution in [0.1, 0.15) is 21.8 Å². The van der Waals surface area contributed by atoms with Crippen LogP contribution in [0.4, 0.5) is 5.95 Å². The van der Waals surface area contributed by atoms with E-state index >= 15 is 0 Å². The van der Waals surface area contributed by atoms with E-state index in [2.05, 4.69) is 15.1 Å². The standard InChI is InChI=1S/C15H18N6OS/c1-9-12(10(2)21-15(17-9)18-14(16)19-21)7-13(22)20(3)8-11-5-4-6-23-11/h4-6H,7-8H2,1-3H3,(H2,16,19). The zero-order chi connectivity index (χ0) is 16.6. The first-order valence-electron chi connectivity index (χ1n) is 7.20. The minimum Gasteiger partial charge on any atom is -0.366 e. The minimum absolute atomic E-state index is 0.0406. The summed E-state index contributed by atoms with van der Waals surface area (Å²) in [6, 6.07) is 4.01. The van der Waals surface area contributed by atoms with E-state index in [1.807, 2.05) is 38.4 Å². The zero-order valence-electron chi connectivity index (χ0n) is 13.3. The number of aromatic nitrogens is 4. The van der Waals surface area contributed by atoms with Crippen LogP contribution in [0, 0.1) is 13.8 Å². The zero-order valence-corrected chi connectivity index (χ0v) is 14.1. The summed E-state index contributed by atoms with van der Waals surface area (Å²) in [5.74, 6) is 0.678. The summed E-state index contributed by atoms with van der Waals surface area (Å²) in [4.78, 5) is 23.9. The number of rotatable bonds is 4. The molecule has 3 rings (SSSR count). The van der Waals surface area contributed by atoms with Gasteiger partial charge in [-0.05, 0) is 25.3 Å². The van der Waals surface area contributed by atoms with Crippen LogP contribution in [0.5, 0.6) is 0 Å². The van der Waals surface area contributed by atoms with E-state index in [1.54, 1.807) is 20.8 Å². The fourth-order valence-electron chi connectivity index (χ4n) is 2.49. The predicted molar refractivity (Wildman–Crippen MR) is 89.2 cm³/mol. The summed E-state index contributed by atoms with van der Waals surface area (Å²) in [7, 11) is 1.81. The lowest BCUT2D eigenvalue weighted by Crippen LogP contribution is -2.28. The molecule has 0 saturated carbocycles. The van der Waals surface area contributed by atoms with Gasteiger partial charge in [-0.1, -0.05) is 6.07 Å². The van der Waals surface area contributed by atoms with Crippen LogP contribution < -0.4 is 5.73 Å². The van der Waals surface area contributed by atoms with Gasteiger partial charge in [0.25, 0.3) is 5.78 Å². The molecule has 0 fully saturated rings. The van der Waals surface area contributed by atoms with Crippen molar-refractivity contribution in [2.45, 2.75) is 26.8 Å². The second kappa shape index (κ2) is 5.96. The Balaban J connectivity index is 1.84. The highest BCUT2D eigenvalue weighted by Crippen LogP contribution is 2.17. The molecule has 0 unspecified atom stereocenters. The number of anilines is 1. The summed E-state index contributed by atoms with van der Waals surface area (Å²) in [5, 5.41) is 6.13. The molecule has 0 bridgehead atoms. The van der Waals surface area contributed by atoms with Crippen molar-refractivity contribution in [2.75, 3.05) is 12.8 Å². The lowest BCUT2D eigenvalue weighted by Gasteiger charge is -2.18. The van der Waals surface area contributed by atoms with Crippen molar-refractivity contribution in [3.05, 3.63) is 39.3 Å². The molecule has 0 aliphatic rings. The number of aryl methyl sites for hydroxylation is 2.